The molecule has 3 N–H and O–H groups in total. The quantitative estimate of drug-likeness (QED) is 0.116. The number of carbonyl (C=O) groups excluding carboxylic acids is 1. The highest BCUT2D eigenvalue weighted by atomic mass is 16.3. The standard InChI is InChI=1S/C42H46N6O2/c49-37-18-16-34(17-19-37)45-40-38(31-9-11-33(12-10-31)42(21-22-42)48-24-2-1-3-25-48)28-44-41(47-40)46-35-13-6-29(7-14-35)8-15-36-27-32(20-23-43-36)39(50)26-30-4-5-30/h6-7,9-14,20,23,27-28,30,34,37,49H,1-5,16-19,21-22,24-26H2,(H2,44,45,46,47). The Morgan fingerprint density at radius 3 is 2.36 bits per heavy atom. The van der Waals surface area contributed by atoms with E-state index in [2.05, 4.69) is 56.6 Å². The number of hydrogen-bond donors (Lipinski definition) is 3. The summed E-state index contributed by atoms with van der Waals surface area (Å²) in [6.45, 7) is 2.42. The van der Waals surface area contributed by atoms with Gasteiger partial charge in [-0.05, 0) is 137 Å². The van der Waals surface area contributed by atoms with Crippen molar-refractivity contribution in [1.29, 1.82) is 0 Å². The Morgan fingerprint density at radius 2 is 1.64 bits per heavy atom. The summed E-state index contributed by atoms with van der Waals surface area (Å²) < 4.78 is 0. The molecule has 2 aromatic carbocycles. The van der Waals surface area contributed by atoms with Crippen LogP contribution in [0.4, 0.5) is 17.5 Å². The van der Waals surface area contributed by atoms with E-state index < -0.39 is 0 Å². The molecule has 8 rings (SSSR count). The molecule has 8 nitrogen and oxygen atoms in total. The molecule has 4 aromatic rings. The van der Waals surface area contributed by atoms with Crippen LogP contribution >= 0.6 is 0 Å². The number of aromatic nitrogens is 3. The highest BCUT2D eigenvalue weighted by Crippen LogP contribution is 2.52. The molecule has 0 spiro atoms. The third kappa shape index (κ3) is 7.60. The second-order valence-corrected chi connectivity index (χ2v) is 14.7. The summed E-state index contributed by atoms with van der Waals surface area (Å²) in [5, 5.41) is 17.2. The fourth-order valence-electron chi connectivity index (χ4n) is 7.64. The van der Waals surface area contributed by atoms with Crippen LogP contribution in [-0.2, 0) is 5.54 Å². The average molecular weight is 667 g/mol. The van der Waals surface area contributed by atoms with Crippen molar-refractivity contribution in [3.05, 3.63) is 95.4 Å². The molecular formula is C42H46N6O2. The van der Waals surface area contributed by atoms with Gasteiger partial charge in [-0.25, -0.2) is 9.97 Å². The summed E-state index contributed by atoms with van der Waals surface area (Å²) in [5.74, 6) is 8.34. The van der Waals surface area contributed by atoms with E-state index in [9.17, 15) is 9.90 Å². The Kier molecular flexibility index (Phi) is 9.35. The first-order valence-electron chi connectivity index (χ1n) is 18.6. The van der Waals surface area contributed by atoms with Crippen LogP contribution in [0, 0.1) is 17.8 Å². The summed E-state index contributed by atoms with van der Waals surface area (Å²) in [6.07, 6.45) is 16.2. The lowest BCUT2D eigenvalue weighted by molar-refractivity contribution is 0.0976. The van der Waals surface area contributed by atoms with Crippen molar-refractivity contribution in [1.82, 2.24) is 19.9 Å². The van der Waals surface area contributed by atoms with E-state index in [4.69, 9.17) is 9.97 Å². The molecule has 3 saturated carbocycles. The summed E-state index contributed by atoms with van der Waals surface area (Å²) in [4.78, 5) is 29.3. The zero-order chi connectivity index (χ0) is 33.9. The average Bonchev–Trinajstić information content (AvgIpc) is 4.10. The Morgan fingerprint density at radius 1 is 0.880 bits per heavy atom. The van der Waals surface area contributed by atoms with Crippen LogP contribution in [0.25, 0.3) is 11.1 Å². The highest BCUT2D eigenvalue weighted by Gasteiger charge is 2.49. The smallest absolute Gasteiger partial charge is 0.229 e. The maximum absolute atomic E-state index is 12.5. The first-order valence-corrected chi connectivity index (χ1v) is 18.6. The molecule has 50 heavy (non-hydrogen) atoms. The molecule has 3 aliphatic carbocycles. The van der Waals surface area contributed by atoms with Crippen molar-refractivity contribution >= 4 is 23.2 Å². The topological polar surface area (TPSA) is 103 Å². The lowest BCUT2D eigenvalue weighted by Crippen LogP contribution is -2.39. The van der Waals surface area contributed by atoms with Gasteiger partial charge < -0.3 is 15.7 Å². The Balaban J connectivity index is 0.980. The SMILES string of the molecule is O=C(CC1CC1)c1ccnc(C#Cc2ccc(Nc3ncc(-c4ccc(C5(N6CCCCC6)CC5)cc4)c(NC4CCC(O)CC4)n3)cc2)c1. The maximum atomic E-state index is 12.5. The van der Waals surface area contributed by atoms with Crippen molar-refractivity contribution in [3.8, 4) is 23.0 Å². The van der Waals surface area contributed by atoms with E-state index in [0.717, 1.165) is 66.7 Å². The predicted octanol–water partition coefficient (Wildman–Crippen LogP) is 7.86. The molecule has 2 aromatic heterocycles. The number of Topliss-reactive ketones (excluding diaryl/α,β-unsaturated/α-hetero) is 1. The van der Waals surface area contributed by atoms with Gasteiger partial charge in [0.25, 0.3) is 0 Å². The van der Waals surface area contributed by atoms with Gasteiger partial charge >= 0.3 is 0 Å². The molecule has 0 unspecified atom stereocenters. The number of anilines is 3. The van der Waals surface area contributed by atoms with Gasteiger partial charge in [-0.1, -0.05) is 36.6 Å². The number of rotatable bonds is 10. The number of pyridine rings is 1. The lowest BCUT2D eigenvalue weighted by Gasteiger charge is -2.35. The lowest BCUT2D eigenvalue weighted by atomic mass is 9.93. The summed E-state index contributed by atoms with van der Waals surface area (Å²) >= 11 is 0. The fraction of sp³-hybridized carbons (Fsp3) is 0.429. The maximum Gasteiger partial charge on any atom is 0.229 e. The van der Waals surface area contributed by atoms with Crippen LogP contribution in [0.1, 0.15) is 104 Å². The Labute approximate surface area is 295 Å². The second-order valence-electron chi connectivity index (χ2n) is 14.7. The summed E-state index contributed by atoms with van der Waals surface area (Å²) in [6, 6.07) is 20.8. The third-order valence-corrected chi connectivity index (χ3v) is 11.0. The summed E-state index contributed by atoms with van der Waals surface area (Å²) in [5.41, 5.74) is 6.73. The van der Waals surface area contributed by atoms with Crippen molar-refractivity contribution in [2.24, 2.45) is 5.92 Å². The number of carbonyl (C=O) groups is 1. The van der Waals surface area contributed by atoms with Crippen LogP contribution < -0.4 is 10.6 Å². The van der Waals surface area contributed by atoms with Crippen LogP contribution in [0.5, 0.6) is 0 Å². The van der Waals surface area contributed by atoms with Crippen LogP contribution in [0.2, 0.25) is 0 Å². The van der Waals surface area contributed by atoms with Gasteiger partial charge in [0.2, 0.25) is 5.95 Å². The van der Waals surface area contributed by atoms with Gasteiger partial charge in [-0.3, -0.25) is 9.69 Å². The Hall–Kier alpha value is -4.58. The van der Waals surface area contributed by atoms with Gasteiger partial charge in [-0.2, -0.15) is 4.98 Å². The van der Waals surface area contributed by atoms with E-state index in [1.54, 1.807) is 18.3 Å². The van der Waals surface area contributed by atoms with Crippen molar-refractivity contribution < 1.29 is 9.90 Å². The minimum Gasteiger partial charge on any atom is -0.393 e. The first-order chi connectivity index (χ1) is 24.5. The van der Waals surface area contributed by atoms with E-state index >= 15 is 0 Å². The van der Waals surface area contributed by atoms with Crippen molar-refractivity contribution in [2.75, 3.05) is 23.7 Å². The molecule has 0 bridgehead atoms. The zero-order valence-corrected chi connectivity index (χ0v) is 28.7. The number of piperidine rings is 1. The number of aliphatic hydroxyl groups excluding tert-OH is 1. The molecule has 3 heterocycles. The number of nitrogens with one attached hydrogen (secondary N) is 2. The van der Waals surface area contributed by atoms with Gasteiger partial charge in [0, 0.05) is 52.8 Å². The van der Waals surface area contributed by atoms with Crippen molar-refractivity contribution in [3.63, 3.8) is 0 Å². The fourth-order valence-corrected chi connectivity index (χ4v) is 7.64. The van der Waals surface area contributed by atoms with Gasteiger partial charge in [0.15, 0.2) is 5.78 Å². The number of aliphatic hydroxyl groups is 1. The predicted molar refractivity (Wildman–Crippen MR) is 197 cm³/mol. The van der Waals surface area contributed by atoms with Crippen LogP contribution in [0.15, 0.2) is 73.1 Å². The molecule has 4 fully saturated rings. The van der Waals surface area contributed by atoms with Crippen molar-refractivity contribution in [2.45, 2.75) is 94.7 Å². The minimum atomic E-state index is -0.215. The normalized spacial score (nSPS) is 21.5. The highest BCUT2D eigenvalue weighted by molar-refractivity contribution is 5.96. The van der Waals surface area contributed by atoms with Gasteiger partial charge in [0.1, 0.15) is 11.5 Å². The molecule has 4 aliphatic rings. The molecule has 0 amide bonds. The van der Waals surface area contributed by atoms with E-state index in [1.807, 2.05) is 30.5 Å². The first kappa shape index (κ1) is 32.6. The van der Waals surface area contributed by atoms with Crippen LogP contribution in [0.3, 0.4) is 0 Å². The van der Waals surface area contributed by atoms with Gasteiger partial charge in [0.05, 0.1) is 6.10 Å². The minimum absolute atomic E-state index is 0.173. The monoisotopic (exact) mass is 666 g/mol. The molecule has 256 valence electrons. The van der Waals surface area contributed by atoms with E-state index in [-0.39, 0.29) is 23.5 Å². The van der Waals surface area contributed by atoms with Crippen LogP contribution in [-0.4, -0.2) is 56.0 Å². The number of nitrogens with zero attached hydrogens (tertiary/aromatic N) is 4. The largest absolute Gasteiger partial charge is 0.393 e. The Bertz CT molecular complexity index is 1870. The van der Waals surface area contributed by atoms with Gasteiger partial charge in [-0.15, -0.1) is 0 Å². The number of benzene rings is 2. The van der Waals surface area contributed by atoms with E-state index in [1.165, 1.54) is 50.8 Å². The van der Waals surface area contributed by atoms with E-state index in [0.29, 0.717) is 29.5 Å². The zero-order valence-electron chi connectivity index (χ0n) is 28.7. The molecular weight excluding hydrogens is 621 g/mol. The summed E-state index contributed by atoms with van der Waals surface area (Å²) in [7, 11) is 0. The second kappa shape index (κ2) is 14.3. The molecule has 0 atom stereocenters. The number of ketones is 1. The number of likely N-dealkylation sites (tertiary alicyclic amines) is 1. The molecule has 1 aliphatic heterocycles. The molecule has 0 radical (unpaired) electrons. The third-order valence-electron chi connectivity index (χ3n) is 11.0. The molecule has 8 heteroatoms. The number of hydrogen-bond acceptors (Lipinski definition) is 8. The molecule has 1 saturated heterocycles.